The second-order valence-corrected chi connectivity index (χ2v) is 18.4. The van der Waals surface area contributed by atoms with Crippen molar-refractivity contribution in [2.24, 2.45) is 0 Å². The molecule has 2 N–H and O–H groups in total. The minimum atomic E-state index is -4.27. The molecule has 1 aliphatic heterocycles. The fourth-order valence-electron chi connectivity index (χ4n) is 6.98. The first-order chi connectivity index (χ1) is 25.2. The molecule has 0 unspecified atom stereocenters. The van der Waals surface area contributed by atoms with Gasteiger partial charge in [-0.05, 0) is 53.4 Å². The number of anilines is 1. The number of carbonyl (C=O) groups excluding carboxylic acids is 1. The summed E-state index contributed by atoms with van der Waals surface area (Å²) in [5, 5.41) is 2.84. The van der Waals surface area contributed by atoms with Crippen molar-refractivity contribution in [2.45, 2.75) is 49.4 Å². The molecule has 1 aliphatic rings. The summed E-state index contributed by atoms with van der Waals surface area (Å²) in [4.78, 5) is 26.3. The van der Waals surface area contributed by atoms with Gasteiger partial charge in [0.15, 0.2) is 17.0 Å². The first kappa shape index (κ1) is 35.4. The van der Waals surface area contributed by atoms with E-state index in [1.165, 1.54) is 6.33 Å². The van der Waals surface area contributed by atoms with Gasteiger partial charge in [-0.2, -0.15) is 8.42 Å². The molecule has 0 aliphatic carbocycles. The van der Waals surface area contributed by atoms with Gasteiger partial charge >= 0.3 is 0 Å². The van der Waals surface area contributed by atoms with E-state index in [9.17, 15) is 17.8 Å². The summed E-state index contributed by atoms with van der Waals surface area (Å²) in [6.45, 7) is 0. The second kappa shape index (κ2) is 15.7. The van der Waals surface area contributed by atoms with Crippen LogP contribution in [0.25, 0.3) is 11.2 Å². The predicted octanol–water partition coefficient (Wildman–Crippen LogP) is 6.32. The molecule has 3 atom stereocenters. The highest BCUT2D eigenvalue weighted by Crippen LogP contribution is 2.38. The molecule has 2 aromatic heterocycles. The number of ether oxygens (including phenoxy) is 1. The SMILES string of the molecule is O=C(Nc1ncnc2c1ncn2[C@H]1C[C@H](O[Si](Cc2ccccc2)(Cc2ccccc2)Cc2ccccc2)[C@@H](CCS(=O)(=O)O)O1)c1ccccc1. The number of nitrogens with one attached hydrogen (secondary N) is 1. The molecule has 6 aromatic rings. The molecule has 1 saturated heterocycles. The zero-order valence-corrected chi connectivity index (χ0v) is 30.2. The van der Waals surface area contributed by atoms with Crippen molar-refractivity contribution in [3.63, 3.8) is 0 Å². The number of nitrogens with zero attached hydrogens (tertiary/aromatic N) is 4. The molecule has 7 rings (SSSR count). The fourth-order valence-corrected chi connectivity index (χ4v) is 12.0. The van der Waals surface area contributed by atoms with Crippen molar-refractivity contribution >= 4 is 41.3 Å². The van der Waals surface area contributed by atoms with Gasteiger partial charge < -0.3 is 14.5 Å². The van der Waals surface area contributed by atoms with Gasteiger partial charge in [0.1, 0.15) is 12.6 Å². The molecule has 1 fully saturated rings. The smallest absolute Gasteiger partial charge is 0.264 e. The van der Waals surface area contributed by atoms with Crippen LogP contribution in [-0.4, -0.2) is 64.7 Å². The zero-order valence-electron chi connectivity index (χ0n) is 28.4. The monoisotopic (exact) mass is 733 g/mol. The number of imidazole rings is 1. The molecule has 52 heavy (non-hydrogen) atoms. The Hall–Kier alpha value is -5.05. The summed E-state index contributed by atoms with van der Waals surface area (Å²) in [7, 11) is -7.09. The van der Waals surface area contributed by atoms with Crippen molar-refractivity contribution in [1.82, 2.24) is 19.5 Å². The van der Waals surface area contributed by atoms with Gasteiger partial charge in [-0.3, -0.25) is 13.9 Å². The lowest BCUT2D eigenvalue weighted by Crippen LogP contribution is -2.51. The van der Waals surface area contributed by atoms with E-state index in [-0.39, 0.29) is 18.1 Å². The van der Waals surface area contributed by atoms with Gasteiger partial charge in [0.05, 0.1) is 24.3 Å². The van der Waals surface area contributed by atoms with E-state index in [1.807, 2.05) is 60.7 Å². The molecule has 266 valence electrons. The normalized spacial score (nSPS) is 17.7. The molecule has 3 heterocycles. The number of carbonyl (C=O) groups is 1. The molecular formula is C39H39N5O6SSi. The van der Waals surface area contributed by atoms with E-state index in [4.69, 9.17) is 9.16 Å². The quantitative estimate of drug-likeness (QED) is 0.0971. The Morgan fingerprint density at radius 3 is 1.88 bits per heavy atom. The minimum absolute atomic E-state index is 0.0342. The largest absolute Gasteiger partial charge is 0.410 e. The number of hydrogen-bond acceptors (Lipinski definition) is 8. The molecule has 11 nitrogen and oxygen atoms in total. The maximum atomic E-state index is 13.0. The van der Waals surface area contributed by atoms with Crippen LogP contribution in [0.5, 0.6) is 0 Å². The lowest BCUT2D eigenvalue weighted by atomic mass is 10.1. The molecule has 0 bridgehead atoms. The lowest BCUT2D eigenvalue weighted by molar-refractivity contribution is -0.0158. The first-order valence-corrected chi connectivity index (χ1v) is 21.3. The Bertz CT molecular complexity index is 2110. The van der Waals surface area contributed by atoms with Crippen LogP contribution in [0.3, 0.4) is 0 Å². The van der Waals surface area contributed by atoms with Crippen LogP contribution in [0.4, 0.5) is 5.82 Å². The maximum absolute atomic E-state index is 13.0. The fraction of sp³-hybridized carbons (Fsp3) is 0.231. The molecule has 0 spiro atoms. The Labute approximate surface area is 303 Å². The van der Waals surface area contributed by atoms with Crippen LogP contribution in [0.1, 0.15) is 46.1 Å². The van der Waals surface area contributed by atoms with Crippen molar-refractivity contribution in [3.05, 3.63) is 156 Å². The van der Waals surface area contributed by atoms with Gasteiger partial charge in [-0.15, -0.1) is 0 Å². The average Bonchev–Trinajstić information content (AvgIpc) is 3.76. The summed E-state index contributed by atoms with van der Waals surface area (Å²) in [5.41, 5.74) is 4.79. The second-order valence-electron chi connectivity index (χ2n) is 13.1. The number of amides is 1. The number of fused-ring (bicyclic) bond motifs is 1. The summed E-state index contributed by atoms with van der Waals surface area (Å²) in [6, 6.07) is 41.9. The molecule has 13 heteroatoms. The Balaban J connectivity index is 1.24. The Morgan fingerprint density at radius 2 is 1.35 bits per heavy atom. The summed E-state index contributed by atoms with van der Waals surface area (Å²) in [5.74, 6) is -0.550. The predicted molar refractivity (Wildman–Crippen MR) is 200 cm³/mol. The lowest BCUT2D eigenvalue weighted by Gasteiger charge is -2.36. The van der Waals surface area contributed by atoms with Crippen LogP contribution in [0, 0.1) is 0 Å². The van der Waals surface area contributed by atoms with Crippen molar-refractivity contribution in [3.8, 4) is 0 Å². The molecule has 0 saturated carbocycles. The summed E-state index contributed by atoms with van der Waals surface area (Å²) < 4.78 is 49.7. The van der Waals surface area contributed by atoms with E-state index in [0.717, 1.165) is 34.8 Å². The molecule has 4 aromatic carbocycles. The van der Waals surface area contributed by atoms with E-state index in [1.54, 1.807) is 35.2 Å². The topological polar surface area (TPSA) is 146 Å². The summed E-state index contributed by atoms with van der Waals surface area (Å²) >= 11 is 0. The van der Waals surface area contributed by atoms with Crippen LogP contribution < -0.4 is 5.32 Å². The summed E-state index contributed by atoms with van der Waals surface area (Å²) in [6.07, 6.45) is 1.58. The Kier molecular flexibility index (Phi) is 10.7. The highest BCUT2D eigenvalue weighted by atomic mass is 32.2. The zero-order chi connectivity index (χ0) is 36.0. The van der Waals surface area contributed by atoms with Gasteiger partial charge in [0.2, 0.25) is 8.32 Å². The first-order valence-electron chi connectivity index (χ1n) is 17.2. The number of benzene rings is 4. The third kappa shape index (κ3) is 8.69. The van der Waals surface area contributed by atoms with E-state index >= 15 is 0 Å². The third-order valence-electron chi connectivity index (χ3n) is 9.29. The standard InChI is InChI=1S/C39H39N5O6SSi/c45-39(32-19-11-4-12-20-32)43-37-36-38(41-27-40-37)44(28-42-36)35-23-34(33(49-35)21-22-51(46,47)48)50-52(24-29-13-5-1-6-14-29,25-30-15-7-2-8-16-30)26-31-17-9-3-10-18-31/h1-20,27-28,33-35H,21-26H2,(H,46,47,48)(H,40,41,43,45)/t33-,34+,35-/m1/s1. The van der Waals surface area contributed by atoms with Crippen LogP contribution in [0.2, 0.25) is 0 Å². The number of rotatable bonds is 14. The van der Waals surface area contributed by atoms with E-state index < -0.39 is 42.6 Å². The van der Waals surface area contributed by atoms with Crippen LogP contribution in [-0.2, 0) is 37.4 Å². The van der Waals surface area contributed by atoms with Crippen molar-refractivity contribution in [2.75, 3.05) is 11.1 Å². The highest BCUT2D eigenvalue weighted by Gasteiger charge is 2.45. The molecule has 1 amide bonds. The van der Waals surface area contributed by atoms with Gasteiger partial charge in [-0.1, -0.05) is 109 Å². The van der Waals surface area contributed by atoms with E-state index in [0.29, 0.717) is 23.1 Å². The third-order valence-corrected chi connectivity index (χ3v) is 14.0. The number of aromatic nitrogens is 4. The van der Waals surface area contributed by atoms with Gasteiger partial charge in [0, 0.05) is 12.0 Å². The highest BCUT2D eigenvalue weighted by molar-refractivity contribution is 7.85. The van der Waals surface area contributed by atoms with Gasteiger partial charge in [-0.25, -0.2) is 15.0 Å². The van der Waals surface area contributed by atoms with Crippen LogP contribution >= 0.6 is 0 Å². The maximum Gasteiger partial charge on any atom is 0.264 e. The van der Waals surface area contributed by atoms with Gasteiger partial charge in [0.25, 0.3) is 16.0 Å². The molecule has 0 radical (unpaired) electrons. The number of hydrogen-bond donors (Lipinski definition) is 2. The molecular weight excluding hydrogens is 695 g/mol. The van der Waals surface area contributed by atoms with Crippen LogP contribution in [0.15, 0.2) is 134 Å². The Morgan fingerprint density at radius 1 is 0.808 bits per heavy atom. The average molecular weight is 734 g/mol. The van der Waals surface area contributed by atoms with E-state index in [2.05, 4.69) is 56.7 Å². The van der Waals surface area contributed by atoms with Crippen molar-refractivity contribution in [1.29, 1.82) is 0 Å². The van der Waals surface area contributed by atoms with Crippen molar-refractivity contribution < 1.29 is 26.9 Å². The minimum Gasteiger partial charge on any atom is -0.410 e.